The molecule has 22 atom stereocenters. The van der Waals surface area contributed by atoms with E-state index in [1.165, 1.54) is 0 Å². The van der Waals surface area contributed by atoms with Crippen molar-refractivity contribution in [2.75, 3.05) is 26.4 Å². The van der Waals surface area contributed by atoms with Crippen LogP contribution in [0.3, 0.4) is 0 Å². The van der Waals surface area contributed by atoms with Crippen molar-refractivity contribution in [1.29, 1.82) is 0 Å². The van der Waals surface area contributed by atoms with Crippen LogP contribution in [0.25, 0.3) is 0 Å². The third-order valence-electron chi connectivity index (χ3n) is 11.2. The van der Waals surface area contributed by atoms with E-state index in [2.05, 4.69) is 21.3 Å². The van der Waals surface area contributed by atoms with Crippen LogP contribution in [-0.4, -0.2) is 248 Å². The van der Waals surface area contributed by atoms with Crippen LogP contribution in [0.5, 0.6) is 0 Å². The van der Waals surface area contributed by atoms with E-state index in [0.29, 0.717) is 0 Å². The molecule has 0 bridgehead atoms. The second-order valence-electron chi connectivity index (χ2n) is 16.3. The smallest absolute Gasteiger partial charge is 0.332 e. The van der Waals surface area contributed by atoms with Crippen LogP contribution in [0.15, 0.2) is 0 Å². The molecule has 0 aromatic heterocycles. The van der Waals surface area contributed by atoms with E-state index in [9.17, 15) is 79.8 Å². The summed E-state index contributed by atoms with van der Waals surface area (Å²) in [5, 5.41) is 115. The van der Waals surface area contributed by atoms with Crippen molar-refractivity contribution in [1.82, 2.24) is 21.3 Å². The normalized spacial score (nSPS) is 39.9. The molecule has 29 heteroatoms. The number of aliphatic hydroxyl groups excluding tert-OH is 8. The molecule has 4 aliphatic heterocycles. The van der Waals surface area contributed by atoms with Gasteiger partial charge in [-0.2, -0.15) is 0 Å². The quantitative estimate of drug-likeness (QED) is 0.0539. The van der Waals surface area contributed by atoms with E-state index in [1.807, 2.05) is 0 Å². The molecule has 4 aliphatic rings. The first-order valence-corrected chi connectivity index (χ1v) is 21.1. The van der Waals surface area contributed by atoms with Gasteiger partial charge < -0.3 is 115 Å². The Morgan fingerprint density at radius 3 is 1.19 bits per heavy atom. The third-order valence-corrected chi connectivity index (χ3v) is 11.2. The molecule has 14 N–H and O–H groups in total. The fourth-order valence-corrected chi connectivity index (χ4v) is 8.04. The number of aliphatic carboxylic acids is 2. The van der Waals surface area contributed by atoms with Gasteiger partial charge in [0.05, 0.1) is 26.4 Å². The Bertz CT molecular complexity index is 1700. The van der Waals surface area contributed by atoms with Crippen LogP contribution >= 0.6 is 0 Å². The van der Waals surface area contributed by atoms with Gasteiger partial charge in [0.1, 0.15) is 97.4 Å². The first-order chi connectivity index (χ1) is 31.5. The number of hydrogen-bond donors (Lipinski definition) is 14. The summed E-state index contributed by atoms with van der Waals surface area (Å²) in [6.07, 6.45) is -31.5. The lowest BCUT2D eigenvalue weighted by Gasteiger charge is -2.52. The minimum Gasteiger partial charge on any atom is -0.479 e. The number of aliphatic hydroxyl groups is 8. The van der Waals surface area contributed by atoms with Gasteiger partial charge in [-0.3, -0.25) is 19.2 Å². The van der Waals surface area contributed by atoms with E-state index in [1.54, 1.807) is 0 Å². The van der Waals surface area contributed by atoms with Crippen LogP contribution in [0.4, 0.5) is 0 Å². The largest absolute Gasteiger partial charge is 0.479 e. The van der Waals surface area contributed by atoms with Gasteiger partial charge >= 0.3 is 11.9 Å². The molecule has 67 heavy (non-hydrogen) atoms. The molecule has 4 amide bonds. The molecular weight excluding hydrogens is 912 g/mol. The van der Waals surface area contributed by atoms with Gasteiger partial charge in [-0.15, -0.1) is 0 Å². The standard InChI is InChI=1S/C38H62N4O25/c1-11(33(54)55)59-31-23(41-15(5)49)35(58)61-19(9-45)29(31)66-37-22(40-14(4)48)27(53)28(18(8-44)63-37)65-38-24(42-16(6)50)32(60-12(2)34(56)57)30(20(10-46)64-38)67-36-21(39-13(3)47)26(52)25(51)17(7-43)62-36/h11-12,17-32,35-38,43-46,51-53,58H,7-10H2,1-6H3,(H,39,47)(H,40,48)(H,41,49)(H,42,50)(H,54,55)(H,56,57)/t11-,12-,17-,18-,19-,20-,21-,22-,23-,24-,25-,26-,27-,28-,29-,30-,31-,32-,35?,36+,37+,38+/m1/s1. The van der Waals surface area contributed by atoms with E-state index in [4.69, 9.17) is 42.6 Å². The van der Waals surface area contributed by atoms with Gasteiger partial charge in [-0.05, 0) is 13.8 Å². The first-order valence-electron chi connectivity index (χ1n) is 21.1. The minimum absolute atomic E-state index is 0.731. The second-order valence-corrected chi connectivity index (χ2v) is 16.3. The lowest BCUT2D eigenvalue weighted by atomic mass is 9.93. The SMILES string of the molecule is CC(=O)N[C@H]1[C@H](O[C@H]2[C@H](O[C@H](C)C(=O)O)[C@@H](NC(C)=O)C(O)O[C@@H]2CO)O[C@H](CO)[C@@H](O[C@@H]2O[C@H](CO)[C@@H](O[C@@H]3O[C@H](CO)[C@@H](O)[C@H](O)[C@H]3NC(C)=O)[C@H](O[C@H](C)C(=O)O)[C@H]2NC(C)=O)[C@@H]1O. The molecule has 0 aliphatic carbocycles. The van der Waals surface area contributed by atoms with Gasteiger partial charge in [0.25, 0.3) is 0 Å². The number of amides is 4. The Hall–Kier alpha value is -3.86. The molecule has 29 nitrogen and oxygen atoms in total. The number of nitrogens with one attached hydrogen (secondary N) is 4. The van der Waals surface area contributed by atoms with Crippen LogP contribution in [0, 0.1) is 0 Å². The molecule has 4 fully saturated rings. The fraction of sp³-hybridized carbons (Fsp3) is 0.842. The first kappa shape index (κ1) is 55.7. The summed E-state index contributed by atoms with van der Waals surface area (Å²) in [4.78, 5) is 73.9. The number of carboxylic acid groups (broad SMARTS) is 2. The number of hydrogen-bond acceptors (Lipinski definition) is 23. The average Bonchev–Trinajstić information content (AvgIpc) is 3.25. The Kier molecular flexibility index (Phi) is 20.5. The van der Waals surface area contributed by atoms with Gasteiger partial charge in [0, 0.05) is 27.7 Å². The average molecular weight is 975 g/mol. The summed E-state index contributed by atoms with van der Waals surface area (Å²) >= 11 is 0. The molecule has 0 spiro atoms. The minimum atomic E-state index is -2.02. The van der Waals surface area contributed by atoms with Crippen molar-refractivity contribution in [2.24, 2.45) is 0 Å². The Morgan fingerprint density at radius 1 is 0.448 bits per heavy atom. The maximum absolute atomic E-state index is 12.8. The van der Waals surface area contributed by atoms with Crippen LogP contribution < -0.4 is 21.3 Å². The molecular formula is C38H62N4O25. The summed E-state index contributed by atoms with van der Waals surface area (Å²) in [5.74, 6) is -6.13. The van der Waals surface area contributed by atoms with E-state index < -0.39 is 197 Å². The Labute approximate surface area is 381 Å². The zero-order valence-electron chi connectivity index (χ0n) is 37.1. The number of carbonyl (C=O) groups is 6. The van der Waals surface area contributed by atoms with Crippen molar-refractivity contribution < 1.29 is 122 Å². The molecule has 1 unspecified atom stereocenters. The number of carbonyl (C=O) groups excluding carboxylic acids is 4. The van der Waals surface area contributed by atoms with Crippen LogP contribution in [0.1, 0.15) is 41.5 Å². The highest BCUT2D eigenvalue weighted by Crippen LogP contribution is 2.36. The van der Waals surface area contributed by atoms with Gasteiger partial charge in [0.2, 0.25) is 23.6 Å². The van der Waals surface area contributed by atoms with Crippen LogP contribution in [-0.2, 0) is 71.4 Å². The summed E-state index contributed by atoms with van der Waals surface area (Å²) in [6.45, 7) is 2.61. The number of rotatable bonds is 20. The highest BCUT2D eigenvalue weighted by Gasteiger charge is 2.57. The molecule has 4 heterocycles. The van der Waals surface area contributed by atoms with E-state index in [-0.39, 0.29) is 0 Å². The third kappa shape index (κ3) is 13.7. The Morgan fingerprint density at radius 2 is 0.776 bits per heavy atom. The highest BCUT2D eigenvalue weighted by atomic mass is 16.8. The van der Waals surface area contributed by atoms with Crippen molar-refractivity contribution >= 4 is 35.6 Å². The maximum atomic E-state index is 12.8. The summed E-state index contributed by atoms with van der Waals surface area (Å²) in [6, 6.07) is -6.54. The Balaban J connectivity index is 1.75. The number of ether oxygens (including phenoxy) is 9. The van der Waals surface area contributed by atoms with Gasteiger partial charge in [0.15, 0.2) is 37.4 Å². The molecule has 0 radical (unpaired) electrons. The predicted molar refractivity (Wildman–Crippen MR) is 212 cm³/mol. The van der Waals surface area contributed by atoms with Gasteiger partial charge in [-0.25, -0.2) is 9.59 Å². The van der Waals surface area contributed by atoms with Crippen molar-refractivity contribution in [3.63, 3.8) is 0 Å². The van der Waals surface area contributed by atoms with E-state index >= 15 is 0 Å². The molecule has 0 saturated carbocycles. The van der Waals surface area contributed by atoms with Gasteiger partial charge in [-0.1, -0.05) is 0 Å². The summed E-state index contributed by atoms with van der Waals surface area (Å²) in [5.41, 5.74) is 0. The van der Waals surface area contributed by atoms with Crippen molar-refractivity contribution in [3.8, 4) is 0 Å². The van der Waals surface area contributed by atoms with Crippen LogP contribution in [0.2, 0.25) is 0 Å². The highest BCUT2D eigenvalue weighted by molar-refractivity contribution is 5.75. The van der Waals surface area contributed by atoms with E-state index in [0.717, 1.165) is 41.5 Å². The molecule has 4 rings (SSSR count). The summed E-state index contributed by atoms with van der Waals surface area (Å²) < 4.78 is 53.4. The zero-order valence-corrected chi connectivity index (χ0v) is 37.1. The van der Waals surface area contributed by atoms with Crippen molar-refractivity contribution in [3.05, 3.63) is 0 Å². The lowest BCUT2D eigenvalue weighted by molar-refractivity contribution is -0.366. The fourth-order valence-electron chi connectivity index (χ4n) is 8.04. The lowest BCUT2D eigenvalue weighted by Crippen LogP contribution is -2.72. The predicted octanol–water partition coefficient (Wildman–Crippen LogP) is -8.18. The van der Waals surface area contributed by atoms with Crippen molar-refractivity contribution in [2.45, 2.75) is 176 Å². The molecule has 4 saturated heterocycles. The molecule has 0 aromatic carbocycles. The molecule has 384 valence electrons. The topological polar surface area (TPSA) is 436 Å². The maximum Gasteiger partial charge on any atom is 0.332 e. The number of carboxylic acids is 2. The zero-order chi connectivity index (χ0) is 50.2. The summed E-state index contributed by atoms with van der Waals surface area (Å²) in [7, 11) is 0. The second kappa shape index (κ2) is 24.6. The monoisotopic (exact) mass is 974 g/mol. The molecule has 0 aromatic rings.